The highest BCUT2D eigenvalue weighted by Gasteiger charge is 2.28. The van der Waals surface area contributed by atoms with E-state index in [4.69, 9.17) is 0 Å². The van der Waals surface area contributed by atoms with Crippen LogP contribution in [0.4, 0.5) is 11.9 Å². The Morgan fingerprint density at radius 3 is 2.67 bits per heavy atom. The van der Waals surface area contributed by atoms with Crippen LogP contribution in [-0.2, 0) is 6.42 Å². The van der Waals surface area contributed by atoms with Crippen molar-refractivity contribution < 1.29 is 4.79 Å². The number of thiophene rings is 1. The summed E-state index contributed by atoms with van der Waals surface area (Å²) in [5.41, 5.74) is 5.60. The average molecular weight is 416 g/mol. The summed E-state index contributed by atoms with van der Waals surface area (Å²) >= 11 is 1.69. The molecular formula is C23H21N5OS. The van der Waals surface area contributed by atoms with Crippen molar-refractivity contribution in [3.63, 3.8) is 0 Å². The van der Waals surface area contributed by atoms with E-state index in [0.29, 0.717) is 23.9 Å². The molecule has 0 radical (unpaired) electrons. The first-order chi connectivity index (χ1) is 14.5. The topological polar surface area (TPSA) is 80.7 Å². The number of rotatable bonds is 3. The van der Waals surface area contributed by atoms with Crippen molar-refractivity contribution in [1.29, 1.82) is 0 Å². The molecule has 1 N–H and O–H groups in total. The quantitative estimate of drug-likeness (QED) is 0.504. The third-order valence-electron chi connectivity index (χ3n) is 5.71. The molecule has 0 aliphatic heterocycles. The molecule has 0 spiro atoms. The number of anilines is 2. The number of ketones is 1. The van der Waals surface area contributed by atoms with Crippen LogP contribution in [0.15, 0.2) is 35.8 Å². The third-order valence-corrected chi connectivity index (χ3v) is 6.75. The van der Waals surface area contributed by atoms with Gasteiger partial charge >= 0.3 is 0 Å². The lowest BCUT2D eigenvalue weighted by molar-refractivity contribution is 0.0963. The predicted octanol–water partition coefficient (Wildman–Crippen LogP) is 5.06. The van der Waals surface area contributed by atoms with Gasteiger partial charge in [0.15, 0.2) is 5.78 Å². The Kier molecular flexibility index (Phi) is 4.55. The van der Waals surface area contributed by atoms with Gasteiger partial charge in [-0.15, -0.1) is 11.3 Å². The van der Waals surface area contributed by atoms with Crippen LogP contribution < -0.4 is 5.32 Å². The highest BCUT2D eigenvalue weighted by atomic mass is 32.1. The van der Waals surface area contributed by atoms with E-state index >= 15 is 0 Å². The van der Waals surface area contributed by atoms with E-state index in [1.165, 1.54) is 16.0 Å². The van der Waals surface area contributed by atoms with Gasteiger partial charge < -0.3 is 0 Å². The number of Topliss-reactive ketones (excluding diaryl/α,β-unsaturated/α-hetero) is 1. The summed E-state index contributed by atoms with van der Waals surface area (Å²) in [6, 6.07) is 8.30. The largest absolute Gasteiger partial charge is 0.294 e. The fraction of sp³-hybridized carbons (Fsp3) is 0.261. The van der Waals surface area contributed by atoms with E-state index in [-0.39, 0.29) is 11.7 Å². The summed E-state index contributed by atoms with van der Waals surface area (Å²) in [5.74, 6) is 1.15. The van der Waals surface area contributed by atoms with Gasteiger partial charge in [-0.3, -0.25) is 10.1 Å². The number of aryl methyl sites for hydroxylation is 3. The van der Waals surface area contributed by atoms with Crippen LogP contribution in [0.3, 0.4) is 0 Å². The molecule has 3 aromatic heterocycles. The minimum atomic E-state index is 0.102. The molecule has 0 bridgehead atoms. The number of aromatic nitrogens is 4. The molecule has 150 valence electrons. The van der Waals surface area contributed by atoms with Crippen molar-refractivity contribution in [1.82, 2.24) is 19.9 Å². The lowest BCUT2D eigenvalue weighted by Crippen LogP contribution is -2.20. The maximum atomic E-state index is 12.6. The fourth-order valence-corrected chi connectivity index (χ4v) is 4.76. The Balaban J connectivity index is 1.47. The maximum absolute atomic E-state index is 12.6. The summed E-state index contributed by atoms with van der Waals surface area (Å²) in [4.78, 5) is 32.0. The van der Waals surface area contributed by atoms with E-state index in [9.17, 15) is 4.79 Å². The second-order valence-corrected chi connectivity index (χ2v) is 8.79. The van der Waals surface area contributed by atoms with Crippen LogP contribution in [0.25, 0.3) is 10.9 Å². The molecular weight excluding hydrogens is 394 g/mol. The second-order valence-electron chi connectivity index (χ2n) is 7.81. The van der Waals surface area contributed by atoms with Gasteiger partial charge in [0.2, 0.25) is 11.9 Å². The Labute approximate surface area is 178 Å². The molecule has 0 saturated carbocycles. The number of hydrogen-bond donors (Lipinski definition) is 1. The number of carbonyl (C=O) groups excluding carboxylic acids is 1. The third kappa shape index (κ3) is 3.35. The molecule has 0 unspecified atom stereocenters. The van der Waals surface area contributed by atoms with Gasteiger partial charge in [0, 0.05) is 28.8 Å². The summed E-state index contributed by atoms with van der Waals surface area (Å²) in [6.07, 6.45) is 2.86. The number of nitrogens with zero attached hydrogens (tertiary/aromatic N) is 4. The molecule has 4 aromatic rings. The Hall–Kier alpha value is -3.19. The molecule has 30 heavy (non-hydrogen) atoms. The van der Waals surface area contributed by atoms with Crippen LogP contribution in [0.2, 0.25) is 0 Å². The van der Waals surface area contributed by atoms with Crippen LogP contribution in [-0.4, -0.2) is 25.7 Å². The first-order valence-electron chi connectivity index (χ1n) is 9.93. The van der Waals surface area contributed by atoms with E-state index in [2.05, 4.69) is 57.3 Å². The van der Waals surface area contributed by atoms with Gasteiger partial charge in [0.25, 0.3) is 0 Å². The second kappa shape index (κ2) is 7.25. The Morgan fingerprint density at radius 1 is 1.03 bits per heavy atom. The van der Waals surface area contributed by atoms with Gasteiger partial charge in [-0.05, 0) is 61.9 Å². The molecule has 1 atom stereocenters. The van der Waals surface area contributed by atoms with E-state index < -0.39 is 0 Å². The molecule has 3 heterocycles. The zero-order valence-electron chi connectivity index (χ0n) is 17.1. The van der Waals surface area contributed by atoms with Gasteiger partial charge in [0.05, 0.1) is 22.5 Å². The molecule has 7 heteroatoms. The lowest BCUT2D eigenvalue weighted by Gasteiger charge is -2.22. The number of hydrogen-bond acceptors (Lipinski definition) is 7. The molecule has 0 saturated heterocycles. The van der Waals surface area contributed by atoms with Crippen molar-refractivity contribution in [2.45, 2.75) is 39.5 Å². The van der Waals surface area contributed by atoms with Gasteiger partial charge in [0.1, 0.15) is 0 Å². The number of carbonyl (C=O) groups is 1. The van der Waals surface area contributed by atoms with E-state index in [1.54, 1.807) is 17.5 Å². The molecule has 1 aromatic carbocycles. The van der Waals surface area contributed by atoms with Crippen molar-refractivity contribution in [2.75, 3.05) is 5.32 Å². The summed E-state index contributed by atoms with van der Waals surface area (Å²) < 4.78 is 0. The molecule has 0 fully saturated rings. The first kappa shape index (κ1) is 18.8. The molecule has 1 aliphatic carbocycles. The van der Waals surface area contributed by atoms with Crippen molar-refractivity contribution >= 4 is 39.9 Å². The minimum Gasteiger partial charge on any atom is -0.294 e. The van der Waals surface area contributed by atoms with Crippen LogP contribution in [0, 0.1) is 20.8 Å². The van der Waals surface area contributed by atoms with Crippen LogP contribution in [0.1, 0.15) is 50.1 Å². The lowest BCUT2D eigenvalue weighted by atomic mass is 9.86. The number of benzene rings is 1. The van der Waals surface area contributed by atoms with E-state index in [0.717, 1.165) is 28.7 Å². The SMILES string of the molecule is Cc1cc2nc(Nc3ncc4c(n3)C[C@@H](c3cccs3)CC4=O)nc(C)c2cc1C. The monoisotopic (exact) mass is 415 g/mol. The first-order valence-corrected chi connectivity index (χ1v) is 10.8. The van der Waals surface area contributed by atoms with Gasteiger partial charge in [-0.1, -0.05) is 6.07 Å². The molecule has 0 amide bonds. The highest BCUT2D eigenvalue weighted by molar-refractivity contribution is 7.10. The summed E-state index contributed by atoms with van der Waals surface area (Å²) in [7, 11) is 0. The smallest absolute Gasteiger partial charge is 0.230 e. The standard InChI is InChI=1S/C23H21N5OS/c1-12-7-16-14(3)25-23(27-18(16)8-13(12)2)28-22-24-11-17-19(26-22)9-15(10-20(17)29)21-5-4-6-30-21/h4-8,11,15H,9-10H2,1-3H3,(H,24,25,26,27,28)/t15-/m1/s1. The van der Waals surface area contributed by atoms with Crippen molar-refractivity contribution in [2.24, 2.45) is 0 Å². The minimum absolute atomic E-state index is 0.102. The van der Waals surface area contributed by atoms with Gasteiger partial charge in [-0.2, -0.15) is 0 Å². The number of fused-ring (bicyclic) bond motifs is 2. The normalized spacial score (nSPS) is 16.0. The molecule has 6 nitrogen and oxygen atoms in total. The fourth-order valence-electron chi connectivity index (χ4n) is 3.93. The summed E-state index contributed by atoms with van der Waals surface area (Å²) in [5, 5.41) is 6.22. The van der Waals surface area contributed by atoms with Crippen molar-refractivity contribution in [3.8, 4) is 0 Å². The Morgan fingerprint density at radius 2 is 1.87 bits per heavy atom. The van der Waals surface area contributed by atoms with Crippen LogP contribution in [0.5, 0.6) is 0 Å². The number of nitrogens with one attached hydrogen (secondary N) is 1. The Bertz CT molecular complexity index is 1280. The highest BCUT2D eigenvalue weighted by Crippen LogP contribution is 2.34. The van der Waals surface area contributed by atoms with E-state index in [1.807, 2.05) is 18.4 Å². The summed E-state index contributed by atoms with van der Waals surface area (Å²) in [6.45, 7) is 6.14. The molecule has 1 aliphatic rings. The van der Waals surface area contributed by atoms with Crippen LogP contribution >= 0.6 is 11.3 Å². The zero-order chi connectivity index (χ0) is 20.8. The predicted molar refractivity (Wildman–Crippen MR) is 119 cm³/mol. The zero-order valence-corrected chi connectivity index (χ0v) is 17.9. The maximum Gasteiger partial charge on any atom is 0.230 e. The van der Waals surface area contributed by atoms with Crippen molar-refractivity contribution in [3.05, 3.63) is 68.8 Å². The molecule has 5 rings (SSSR count). The van der Waals surface area contributed by atoms with Gasteiger partial charge in [-0.25, -0.2) is 19.9 Å². The average Bonchev–Trinajstić information content (AvgIpc) is 3.24.